The molecule has 3 rings (SSSR count). The van der Waals surface area contributed by atoms with Crippen molar-refractivity contribution in [1.82, 2.24) is 15.1 Å². The summed E-state index contributed by atoms with van der Waals surface area (Å²) in [4.78, 5) is 30.5. The third-order valence-corrected chi connectivity index (χ3v) is 3.72. The molecule has 0 aromatic carbocycles. The van der Waals surface area contributed by atoms with Crippen LogP contribution in [0.5, 0.6) is 0 Å². The molecule has 0 aliphatic heterocycles. The number of hydrogen-bond acceptors (Lipinski definition) is 7. The molecule has 0 aliphatic carbocycles. The van der Waals surface area contributed by atoms with Gasteiger partial charge in [0.25, 0.3) is 5.91 Å². The summed E-state index contributed by atoms with van der Waals surface area (Å²) in [5.74, 6) is -0.759. The van der Waals surface area contributed by atoms with Gasteiger partial charge in [0.15, 0.2) is 5.13 Å². The highest BCUT2D eigenvalue weighted by Gasteiger charge is 2.15. The number of methoxy groups -OCH3 is 1. The normalized spacial score (nSPS) is 10.5. The number of anilines is 1. The Morgan fingerprint density at radius 3 is 2.91 bits per heavy atom. The van der Waals surface area contributed by atoms with Gasteiger partial charge in [-0.3, -0.25) is 10.1 Å². The fourth-order valence-electron chi connectivity index (χ4n) is 1.86. The van der Waals surface area contributed by atoms with Crippen molar-refractivity contribution in [3.8, 4) is 11.3 Å². The first-order valence-electron chi connectivity index (χ1n) is 6.54. The van der Waals surface area contributed by atoms with Crippen LogP contribution in [0.25, 0.3) is 11.3 Å². The summed E-state index contributed by atoms with van der Waals surface area (Å²) in [6.07, 6.45) is 1.65. The first-order chi connectivity index (χ1) is 11.1. The van der Waals surface area contributed by atoms with Gasteiger partial charge in [0.05, 0.1) is 18.5 Å². The number of aromatic nitrogens is 3. The van der Waals surface area contributed by atoms with E-state index in [0.717, 1.165) is 5.56 Å². The van der Waals surface area contributed by atoms with Crippen LogP contribution >= 0.6 is 11.3 Å². The molecule has 23 heavy (non-hydrogen) atoms. The Labute approximate surface area is 134 Å². The van der Waals surface area contributed by atoms with Crippen LogP contribution in [0.15, 0.2) is 28.2 Å². The van der Waals surface area contributed by atoms with Crippen molar-refractivity contribution in [2.45, 2.75) is 6.92 Å². The number of rotatable bonds is 4. The smallest absolute Gasteiger partial charge is 0.354 e. The Morgan fingerprint density at radius 2 is 2.22 bits per heavy atom. The van der Waals surface area contributed by atoms with E-state index < -0.39 is 11.9 Å². The molecule has 0 unspecified atom stereocenters. The summed E-state index contributed by atoms with van der Waals surface area (Å²) in [6.45, 7) is 1.73. The van der Waals surface area contributed by atoms with Crippen molar-refractivity contribution in [2.24, 2.45) is 0 Å². The molecular formula is C14H12N4O4S. The lowest BCUT2D eigenvalue weighted by Crippen LogP contribution is -2.10. The predicted octanol–water partition coefficient (Wildman–Crippen LogP) is 2.47. The molecule has 1 amide bonds. The summed E-state index contributed by atoms with van der Waals surface area (Å²) in [5.41, 5.74) is 2.30. The van der Waals surface area contributed by atoms with E-state index in [1.54, 1.807) is 30.6 Å². The number of carbonyl (C=O) groups is 2. The maximum absolute atomic E-state index is 12.0. The minimum atomic E-state index is -0.458. The van der Waals surface area contributed by atoms with Crippen LogP contribution in [0, 0.1) is 6.92 Å². The van der Waals surface area contributed by atoms with Gasteiger partial charge in [0, 0.05) is 23.2 Å². The van der Waals surface area contributed by atoms with Gasteiger partial charge in [-0.05, 0) is 13.0 Å². The number of hydrogen-bond donors (Lipinski definition) is 2. The van der Waals surface area contributed by atoms with Crippen LogP contribution in [0.2, 0.25) is 0 Å². The van der Waals surface area contributed by atoms with Gasteiger partial charge in [0.1, 0.15) is 5.69 Å². The maximum atomic E-state index is 12.0. The number of ether oxygens (including phenoxy) is 1. The van der Waals surface area contributed by atoms with E-state index in [9.17, 15) is 9.59 Å². The Bertz CT molecular complexity index is 864. The number of aryl methyl sites for hydroxylation is 1. The van der Waals surface area contributed by atoms with Gasteiger partial charge in [-0.25, -0.2) is 9.78 Å². The number of nitrogens with zero attached hydrogens (tertiary/aromatic N) is 2. The molecule has 0 bridgehead atoms. The molecule has 9 heteroatoms. The standard InChI is InChI=1S/C14H12N4O4S/c1-7-3-11(22-18-7)12(19)17-14-16-10(6-23-14)8-4-9(15-5-8)13(20)21-2/h3-6,15H,1-2H3,(H,16,17,19). The van der Waals surface area contributed by atoms with Crippen LogP contribution in [0.1, 0.15) is 26.7 Å². The van der Waals surface area contributed by atoms with E-state index in [4.69, 9.17) is 4.52 Å². The number of thiazole rings is 1. The molecule has 3 heterocycles. The molecule has 8 nitrogen and oxygen atoms in total. The van der Waals surface area contributed by atoms with Crippen LogP contribution < -0.4 is 5.32 Å². The number of nitrogens with one attached hydrogen (secondary N) is 2. The van der Waals surface area contributed by atoms with Crippen molar-refractivity contribution in [2.75, 3.05) is 12.4 Å². The van der Waals surface area contributed by atoms with Gasteiger partial charge < -0.3 is 14.2 Å². The van der Waals surface area contributed by atoms with Crippen molar-refractivity contribution in [3.05, 3.63) is 40.9 Å². The van der Waals surface area contributed by atoms with E-state index in [2.05, 4.69) is 25.2 Å². The van der Waals surface area contributed by atoms with Gasteiger partial charge in [-0.1, -0.05) is 5.16 Å². The molecule has 0 spiro atoms. The molecule has 0 saturated heterocycles. The Kier molecular flexibility index (Phi) is 3.94. The first-order valence-corrected chi connectivity index (χ1v) is 7.42. The second-order valence-corrected chi connectivity index (χ2v) is 5.48. The molecular weight excluding hydrogens is 320 g/mol. The van der Waals surface area contributed by atoms with Crippen molar-refractivity contribution < 1.29 is 18.8 Å². The summed E-state index contributed by atoms with van der Waals surface area (Å²) in [5, 5.41) is 8.48. The Morgan fingerprint density at radius 1 is 1.39 bits per heavy atom. The average molecular weight is 332 g/mol. The number of carbonyl (C=O) groups excluding carboxylic acids is 2. The molecule has 0 radical (unpaired) electrons. The second kappa shape index (κ2) is 6.05. The highest BCUT2D eigenvalue weighted by molar-refractivity contribution is 7.14. The van der Waals surface area contributed by atoms with E-state index in [1.807, 2.05) is 0 Å². The third kappa shape index (κ3) is 3.14. The van der Waals surface area contributed by atoms with Gasteiger partial charge >= 0.3 is 5.97 Å². The molecule has 0 aliphatic rings. The zero-order valence-electron chi connectivity index (χ0n) is 12.2. The molecule has 0 fully saturated rings. The monoisotopic (exact) mass is 332 g/mol. The van der Waals surface area contributed by atoms with Gasteiger partial charge in [-0.15, -0.1) is 11.3 Å². The Balaban J connectivity index is 1.74. The lowest BCUT2D eigenvalue weighted by atomic mass is 10.2. The maximum Gasteiger partial charge on any atom is 0.354 e. The summed E-state index contributed by atoms with van der Waals surface area (Å²) < 4.78 is 9.52. The van der Waals surface area contributed by atoms with Crippen LogP contribution in [-0.4, -0.2) is 34.1 Å². The third-order valence-electron chi connectivity index (χ3n) is 2.96. The fourth-order valence-corrected chi connectivity index (χ4v) is 2.58. The predicted molar refractivity (Wildman–Crippen MR) is 82.4 cm³/mol. The highest BCUT2D eigenvalue weighted by atomic mass is 32.1. The van der Waals surface area contributed by atoms with E-state index in [-0.39, 0.29) is 5.76 Å². The minimum absolute atomic E-state index is 0.119. The summed E-state index contributed by atoms with van der Waals surface area (Å²) in [7, 11) is 1.31. The van der Waals surface area contributed by atoms with E-state index >= 15 is 0 Å². The molecule has 118 valence electrons. The molecule has 3 aromatic heterocycles. The second-order valence-electron chi connectivity index (χ2n) is 4.62. The Hall–Kier alpha value is -2.94. The fraction of sp³-hybridized carbons (Fsp3) is 0.143. The average Bonchev–Trinajstić information content (AvgIpc) is 3.25. The first kappa shape index (κ1) is 15.0. The molecule has 0 atom stereocenters. The summed E-state index contributed by atoms with van der Waals surface area (Å²) in [6, 6.07) is 3.17. The lowest BCUT2D eigenvalue weighted by molar-refractivity contribution is 0.0594. The van der Waals surface area contributed by atoms with Gasteiger partial charge in [-0.2, -0.15) is 0 Å². The quantitative estimate of drug-likeness (QED) is 0.710. The molecule has 0 saturated carbocycles. The van der Waals surface area contributed by atoms with Crippen LogP contribution in [0.4, 0.5) is 5.13 Å². The van der Waals surface area contributed by atoms with E-state index in [0.29, 0.717) is 22.2 Å². The largest absolute Gasteiger partial charge is 0.464 e. The zero-order valence-corrected chi connectivity index (χ0v) is 13.1. The SMILES string of the molecule is COC(=O)c1cc(-c2csc(NC(=O)c3cc(C)no3)n2)c[nH]1. The lowest BCUT2D eigenvalue weighted by Gasteiger charge is -1.96. The molecule has 2 N–H and O–H groups in total. The molecule has 3 aromatic rings. The number of amides is 1. The van der Waals surface area contributed by atoms with Gasteiger partial charge in [0.2, 0.25) is 5.76 Å². The minimum Gasteiger partial charge on any atom is -0.464 e. The number of aromatic amines is 1. The highest BCUT2D eigenvalue weighted by Crippen LogP contribution is 2.26. The van der Waals surface area contributed by atoms with E-state index in [1.165, 1.54) is 18.4 Å². The van der Waals surface area contributed by atoms with Crippen molar-refractivity contribution in [3.63, 3.8) is 0 Å². The van der Waals surface area contributed by atoms with Crippen LogP contribution in [0.3, 0.4) is 0 Å². The van der Waals surface area contributed by atoms with Crippen molar-refractivity contribution in [1.29, 1.82) is 0 Å². The summed E-state index contributed by atoms with van der Waals surface area (Å²) >= 11 is 1.26. The topological polar surface area (TPSA) is 110 Å². The zero-order chi connectivity index (χ0) is 16.4. The number of esters is 1. The van der Waals surface area contributed by atoms with Crippen LogP contribution in [-0.2, 0) is 4.74 Å². The number of H-pyrrole nitrogens is 1. The van der Waals surface area contributed by atoms with Crippen molar-refractivity contribution >= 4 is 28.3 Å².